The Morgan fingerprint density at radius 2 is 1.03 bits per heavy atom. The van der Waals surface area contributed by atoms with Gasteiger partial charge in [0.2, 0.25) is 0 Å². The van der Waals surface area contributed by atoms with E-state index in [1.54, 1.807) is 0 Å². The van der Waals surface area contributed by atoms with Crippen LogP contribution in [0.25, 0.3) is 0 Å². The summed E-state index contributed by atoms with van der Waals surface area (Å²) in [5.41, 5.74) is 0. The van der Waals surface area contributed by atoms with Crippen molar-refractivity contribution < 1.29 is 0 Å². The maximum atomic E-state index is 4.53. The number of halogens is 2. The van der Waals surface area contributed by atoms with Gasteiger partial charge in [-0.25, -0.2) is 9.97 Å². The largest absolute Gasteiger partial charge is 0.354 e. The third kappa shape index (κ3) is 5.90. The van der Waals surface area contributed by atoms with Gasteiger partial charge in [-0.1, -0.05) is 0 Å². The van der Waals surface area contributed by atoms with Crippen molar-refractivity contribution in [3.8, 4) is 0 Å². The number of piperazine rings is 2. The zero-order valence-electron chi connectivity index (χ0n) is 16.7. The molecule has 0 atom stereocenters. The van der Waals surface area contributed by atoms with E-state index in [4.69, 9.17) is 0 Å². The molecule has 0 aliphatic carbocycles. The number of anilines is 2. The molecule has 4 rings (SSSR count). The molecule has 0 spiro atoms. The molecule has 2 aliphatic rings. The summed E-state index contributed by atoms with van der Waals surface area (Å²) in [6.07, 6.45) is 5.01. The minimum absolute atomic E-state index is 1.04. The first-order valence-corrected chi connectivity index (χ1v) is 11.9. The summed E-state index contributed by atoms with van der Waals surface area (Å²) in [5.74, 6) is 2.18. The molecule has 2 aromatic rings. The van der Waals surface area contributed by atoms with E-state index in [1.807, 2.05) is 12.4 Å². The third-order valence-corrected chi connectivity index (χ3v) is 6.70. The highest BCUT2D eigenvalue weighted by molar-refractivity contribution is 9.10. The summed E-state index contributed by atoms with van der Waals surface area (Å²) in [5, 5.41) is 0. The average molecular weight is 524 g/mol. The van der Waals surface area contributed by atoms with Crippen LogP contribution in [0.3, 0.4) is 0 Å². The second kappa shape index (κ2) is 10.2. The standard InChI is InChI=1S/C21H28Br2N6/c22-18-2-4-20(24-16-18)28-12-8-26(9-13-28)6-1-7-27-10-14-29(15-11-27)21-5-3-19(23)17-25-21/h2-5,16-17H,1,6-15H2. The van der Waals surface area contributed by atoms with Crippen LogP contribution in [0.2, 0.25) is 0 Å². The van der Waals surface area contributed by atoms with Gasteiger partial charge in [0.05, 0.1) is 0 Å². The van der Waals surface area contributed by atoms with Crippen LogP contribution in [0, 0.1) is 0 Å². The summed E-state index contributed by atoms with van der Waals surface area (Å²) >= 11 is 6.91. The van der Waals surface area contributed by atoms with Crippen LogP contribution in [0.4, 0.5) is 11.6 Å². The maximum absolute atomic E-state index is 4.53. The van der Waals surface area contributed by atoms with E-state index in [9.17, 15) is 0 Å². The molecule has 0 amide bonds. The minimum Gasteiger partial charge on any atom is -0.354 e. The average Bonchev–Trinajstić information content (AvgIpc) is 2.76. The zero-order valence-corrected chi connectivity index (χ0v) is 19.9. The molecule has 29 heavy (non-hydrogen) atoms. The van der Waals surface area contributed by atoms with Crippen molar-refractivity contribution in [1.29, 1.82) is 0 Å². The molecule has 2 aromatic heterocycles. The highest BCUT2D eigenvalue weighted by Gasteiger charge is 2.20. The number of pyridine rings is 2. The first kappa shape index (κ1) is 21.0. The van der Waals surface area contributed by atoms with Crippen molar-refractivity contribution in [3.05, 3.63) is 45.6 Å². The molecule has 0 saturated carbocycles. The lowest BCUT2D eigenvalue weighted by Gasteiger charge is -2.37. The summed E-state index contributed by atoms with van der Waals surface area (Å²) < 4.78 is 2.07. The maximum Gasteiger partial charge on any atom is 0.128 e. The van der Waals surface area contributed by atoms with E-state index in [0.29, 0.717) is 0 Å². The lowest BCUT2D eigenvalue weighted by Crippen LogP contribution is -2.49. The van der Waals surface area contributed by atoms with Crippen molar-refractivity contribution >= 4 is 43.5 Å². The third-order valence-electron chi connectivity index (χ3n) is 5.76. The fourth-order valence-corrected chi connectivity index (χ4v) is 4.50. The molecular weight excluding hydrogens is 496 g/mol. The van der Waals surface area contributed by atoms with Crippen molar-refractivity contribution in [2.24, 2.45) is 0 Å². The molecule has 2 saturated heterocycles. The second-order valence-corrected chi connectivity index (χ2v) is 9.51. The summed E-state index contributed by atoms with van der Waals surface area (Å²) in [6, 6.07) is 8.34. The van der Waals surface area contributed by atoms with Crippen LogP contribution in [0.15, 0.2) is 45.6 Å². The molecule has 0 unspecified atom stereocenters. The van der Waals surface area contributed by atoms with Crippen LogP contribution < -0.4 is 9.80 Å². The Morgan fingerprint density at radius 3 is 1.38 bits per heavy atom. The lowest BCUT2D eigenvalue weighted by atomic mass is 10.2. The van der Waals surface area contributed by atoms with Gasteiger partial charge in [-0.15, -0.1) is 0 Å². The van der Waals surface area contributed by atoms with Gasteiger partial charge in [-0.3, -0.25) is 9.80 Å². The summed E-state index contributed by atoms with van der Waals surface area (Å²) in [4.78, 5) is 19.0. The van der Waals surface area contributed by atoms with Gasteiger partial charge in [-0.05, 0) is 75.6 Å². The second-order valence-electron chi connectivity index (χ2n) is 7.68. The van der Waals surface area contributed by atoms with Gasteiger partial charge < -0.3 is 9.80 Å². The fourth-order valence-electron chi connectivity index (χ4n) is 4.03. The fraction of sp³-hybridized carbons (Fsp3) is 0.524. The quantitative estimate of drug-likeness (QED) is 0.578. The molecule has 6 nitrogen and oxygen atoms in total. The van der Waals surface area contributed by atoms with Crippen LogP contribution in [-0.2, 0) is 0 Å². The molecule has 4 heterocycles. The highest BCUT2D eigenvalue weighted by atomic mass is 79.9. The van der Waals surface area contributed by atoms with Gasteiger partial charge in [0.1, 0.15) is 11.6 Å². The van der Waals surface area contributed by atoms with Gasteiger partial charge in [0.25, 0.3) is 0 Å². The molecule has 0 radical (unpaired) electrons. The smallest absolute Gasteiger partial charge is 0.128 e. The Bertz CT molecular complexity index is 688. The van der Waals surface area contributed by atoms with E-state index in [-0.39, 0.29) is 0 Å². The van der Waals surface area contributed by atoms with E-state index in [0.717, 1.165) is 72.9 Å². The van der Waals surface area contributed by atoms with Crippen LogP contribution >= 0.6 is 31.9 Å². The topological polar surface area (TPSA) is 38.7 Å². The molecule has 0 N–H and O–H groups in total. The first-order valence-electron chi connectivity index (χ1n) is 10.3. The number of hydrogen-bond acceptors (Lipinski definition) is 6. The Kier molecular flexibility index (Phi) is 7.39. The molecular formula is C21H28Br2N6. The first-order chi connectivity index (χ1) is 14.2. The van der Waals surface area contributed by atoms with Crippen molar-refractivity contribution in [1.82, 2.24) is 19.8 Å². The summed E-state index contributed by atoms with van der Waals surface area (Å²) in [6.45, 7) is 11.1. The van der Waals surface area contributed by atoms with E-state index >= 15 is 0 Å². The molecule has 8 heteroatoms. The Hall–Kier alpha value is -1.22. The number of nitrogens with zero attached hydrogens (tertiary/aromatic N) is 6. The van der Waals surface area contributed by atoms with Crippen molar-refractivity contribution in [2.45, 2.75) is 6.42 Å². The minimum atomic E-state index is 1.04. The molecule has 2 aliphatic heterocycles. The number of rotatable bonds is 6. The van der Waals surface area contributed by atoms with Gasteiger partial charge >= 0.3 is 0 Å². The monoisotopic (exact) mass is 522 g/mol. The summed E-state index contributed by atoms with van der Waals surface area (Å²) in [7, 11) is 0. The Morgan fingerprint density at radius 1 is 0.621 bits per heavy atom. The SMILES string of the molecule is Brc1ccc(N2CCN(CCCN3CCN(c4ccc(Br)cn4)CC3)CC2)nc1. The molecule has 0 aromatic carbocycles. The van der Waals surface area contributed by atoms with Crippen LogP contribution in [0.1, 0.15) is 6.42 Å². The Balaban J connectivity index is 1.13. The van der Waals surface area contributed by atoms with Crippen LogP contribution in [0.5, 0.6) is 0 Å². The van der Waals surface area contributed by atoms with Gasteiger partial charge in [0.15, 0.2) is 0 Å². The van der Waals surface area contributed by atoms with Gasteiger partial charge in [0, 0.05) is 73.7 Å². The van der Waals surface area contributed by atoms with E-state index < -0.39 is 0 Å². The molecule has 156 valence electrons. The number of aromatic nitrogens is 2. The van der Waals surface area contributed by atoms with Crippen LogP contribution in [-0.4, -0.2) is 85.2 Å². The highest BCUT2D eigenvalue weighted by Crippen LogP contribution is 2.18. The Labute approximate surface area is 190 Å². The predicted molar refractivity (Wildman–Crippen MR) is 126 cm³/mol. The predicted octanol–water partition coefficient (Wildman–Crippen LogP) is 3.34. The number of hydrogen-bond donors (Lipinski definition) is 0. The molecule has 2 fully saturated rings. The van der Waals surface area contributed by atoms with Crippen molar-refractivity contribution in [2.75, 3.05) is 75.2 Å². The lowest BCUT2D eigenvalue weighted by molar-refractivity contribution is 0.212. The normalized spacial score (nSPS) is 19.0. The molecule has 0 bridgehead atoms. The zero-order chi connectivity index (χ0) is 20.1. The van der Waals surface area contributed by atoms with E-state index in [1.165, 1.54) is 19.5 Å². The van der Waals surface area contributed by atoms with Gasteiger partial charge in [-0.2, -0.15) is 0 Å². The van der Waals surface area contributed by atoms with E-state index in [2.05, 4.69) is 85.7 Å². The van der Waals surface area contributed by atoms with Crippen molar-refractivity contribution in [3.63, 3.8) is 0 Å².